The number of hydrogen-bond acceptors (Lipinski definition) is 23. The normalized spacial score (nSPS) is 19.8. The van der Waals surface area contributed by atoms with Crippen LogP contribution in [-0.4, -0.2) is 210 Å². The topological polar surface area (TPSA) is 361 Å². The third-order valence-electron chi connectivity index (χ3n) is 25.2. The number of amides is 1. The number of hydrogen-bond donors (Lipinski definition) is 13. The number of carbonyl (C=O) groups is 3. The monoisotopic (exact) mass is 2040 g/mol. The first kappa shape index (κ1) is 114. The molecule has 16 atom stereocenters. The first-order valence-electron chi connectivity index (χ1n) is 47.5. The number of fused-ring (bicyclic) bond motifs is 8. The number of halogens is 9. The summed E-state index contributed by atoms with van der Waals surface area (Å²) < 4.78 is 151. The van der Waals surface area contributed by atoms with Crippen LogP contribution < -0.4 is 116 Å². The largest absolute Gasteiger partial charge is 1.00 e. The van der Waals surface area contributed by atoms with Crippen LogP contribution in [0.2, 0.25) is 0 Å². The molecular weight excluding hydrogens is 1920 g/mol. The summed E-state index contributed by atoms with van der Waals surface area (Å²) in [4.78, 5) is 32.8. The van der Waals surface area contributed by atoms with Crippen LogP contribution >= 0.6 is 11.6 Å². The Kier molecular flexibility index (Phi) is 45.1. The van der Waals surface area contributed by atoms with E-state index >= 15 is 0 Å². The number of ether oxygens (including phenoxy) is 8. The van der Waals surface area contributed by atoms with Gasteiger partial charge in [-0.25, -0.2) is 35.1 Å². The number of rotatable bonds is 26. The standard InChI is InChI=1S/2C22H25F2NO4.C18H18FNO3.C18H20FNO2.C11H14FNO2.C11H11FO3.C7H5ClO.B.K.H/c2*23-15-3-7-19-13(9-15)1-5-21(28-19)17(26)11-25-12-18(27)22-6-2-14-10-16(24)4-8-20(14)29-22;19-14-7-9-16-13(10-14)6-8-17(23-16)15(21)11-20-18(22)12-4-2-1-3-5-12;19-15-7-9-17-14(10-15)6-8-18(22-17)16(21)12-20-11-13-4-2-1-3-5-13;2*12-8-2-4-10-7(5-8)1-3-11(15-10)9(14)6-13;8-7(9)6-4-2-1-3-5-6;;;/h2*3-4,7-10,17-18,21-22,25-27H,1-2,5-6,11-12H2;1-5,7,9-10,15,17,21H,6,8,11H2,(H,20,22);1-5,7,9-10,16,18,20-21H,6,8,11-12H2;2,4-5,9,11,14H,1,3,6,13H2;2,4-6,9,11,14H,1,3H2;1-5H;;;/q;;;;;;;;+1;-1/t17-,18-,21-,22+;;15-,17-;16-,18-;9-,11-;9-,11+;;;;/m1.1111..../s1. The van der Waals surface area contributed by atoms with Crippen molar-refractivity contribution in [2.75, 3.05) is 45.8 Å². The van der Waals surface area contributed by atoms with Gasteiger partial charge in [0.1, 0.15) is 190 Å². The average Bonchev–Trinajstić information content (AvgIpc) is 0.848. The first-order valence-corrected chi connectivity index (χ1v) is 47.9. The summed E-state index contributed by atoms with van der Waals surface area (Å²) in [6.07, 6.45) is 1.46. The second kappa shape index (κ2) is 57.1. The molecule has 761 valence electrons. The Morgan fingerprint density at radius 3 is 0.771 bits per heavy atom. The number of aliphatic hydroxyl groups is 8. The Labute approximate surface area is 881 Å². The van der Waals surface area contributed by atoms with Gasteiger partial charge in [0.15, 0.2) is 6.29 Å². The number of aryl methyl sites for hydroxylation is 8. The Morgan fingerprint density at radius 2 is 0.535 bits per heavy atom. The fourth-order valence-corrected chi connectivity index (χ4v) is 17.5. The molecule has 0 aromatic heterocycles. The van der Waals surface area contributed by atoms with Crippen LogP contribution in [0.4, 0.5) is 35.1 Å². The molecule has 0 saturated heterocycles. The zero-order valence-electron chi connectivity index (χ0n) is 80.4. The third kappa shape index (κ3) is 34.1. The molecule has 11 aromatic carbocycles. The zero-order chi connectivity index (χ0) is 101. The molecule has 144 heavy (non-hydrogen) atoms. The number of benzene rings is 11. The summed E-state index contributed by atoms with van der Waals surface area (Å²) in [7, 11) is 0. The fourth-order valence-electron chi connectivity index (χ4n) is 17.4. The van der Waals surface area contributed by atoms with Crippen molar-refractivity contribution in [1.29, 1.82) is 0 Å². The second-order valence-corrected chi connectivity index (χ2v) is 35.9. The van der Waals surface area contributed by atoms with E-state index in [2.05, 4.69) is 21.3 Å². The molecule has 0 saturated carbocycles. The van der Waals surface area contributed by atoms with E-state index in [0.717, 1.165) is 57.3 Å². The fraction of sp³-hybridized carbons (Fsp3) is 0.367. The molecule has 8 aliphatic rings. The molecule has 14 N–H and O–H groups in total. The molecule has 0 fully saturated rings. The van der Waals surface area contributed by atoms with E-state index in [-0.39, 0.29) is 190 Å². The number of carbonyl (C=O) groups excluding carboxylic acids is 3. The molecule has 24 nitrogen and oxygen atoms in total. The van der Waals surface area contributed by atoms with Gasteiger partial charge in [-0.2, -0.15) is 0 Å². The molecule has 0 bridgehead atoms. The van der Waals surface area contributed by atoms with Crippen molar-refractivity contribution >= 4 is 37.4 Å². The van der Waals surface area contributed by atoms with Gasteiger partial charge in [0.25, 0.3) is 11.1 Å². The SMILES string of the molecule is NC[C@@H](O)[C@H]1CCc2cc(F)ccc2O1.O=C(Cl)c1ccccc1.O=C(NC[C@@H](O)[C@H]1CCc2cc(F)ccc2O1)c1ccccc1.O=C[C@@H](O)[C@@H]1CCc2cc(F)ccc2O1.OC(CNCC(O)C1CCc2cc(F)ccc2O1)C1CCc2cc(F)ccc2O1.O[C@H](CNC[C@@H](O)[C@H]1CCc2cc(F)ccc2O1)[C@@H]1CCc2cc(F)ccc2O1.O[C@H](CNCc1ccccc1)[C@H]1CCc2cc(F)ccc2O1.[B].[H-].[K+]. The van der Waals surface area contributed by atoms with E-state index in [1.165, 1.54) is 109 Å². The minimum absolute atomic E-state index is 0. The molecule has 11 aromatic rings. The number of nitrogens with two attached hydrogens (primary N) is 1. The minimum atomic E-state index is -1.11. The van der Waals surface area contributed by atoms with Crippen molar-refractivity contribution in [3.8, 4) is 46.0 Å². The average molecular weight is 2040 g/mol. The Hall–Kier alpha value is -10.4. The van der Waals surface area contributed by atoms with Gasteiger partial charge in [-0.3, -0.25) is 9.59 Å². The summed E-state index contributed by atoms with van der Waals surface area (Å²) in [5.74, 6) is 2.40. The molecular formula is C109H119BClF8KN5O19. The van der Waals surface area contributed by atoms with Gasteiger partial charge >= 0.3 is 51.4 Å². The van der Waals surface area contributed by atoms with E-state index in [1.54, 1.807) is 91.0 Å². The van der Waals surface area contributed by atoms with Gasteiger partial charge in [-0.15, -0.1) is 0 Å². The summed E-state index contributed by atoms with van der Waals surface area (Å²) in [5, 5.41) is 92.7. The second-order valence-electron chi connectivity index (χ2n) is 35.6. The number of aldehydes is 1. The molecule has 1 amide bonds. The van der Waals surface area contributed by atoms with E-state index in [1.807, 2.05) is 42.5 Å². The summed E-state index contributed by atoms with van der Waals surface area (Å²) in [6.45, 7) is 2.50. The molecule has 8 aliphatic heterocycles. The molecule has 0 spiro atoms. The van der Waals surface area contributed by atoms with E-state index in [4.69, 9.17) is 55.2 Å². The van der Waals surface area contributed by atoms with Crippen molar-refractivity contribution in [3.05, 3.63) is 344 Å². The van der Waals surface area contributed by atoms with Crippen LogP contribution in [0.25, 0.3) is 0 Å². The van der Waals surface area contributed by atoms with Gasteiger partial charge in [-0.05, 0) is 322 Å². The van der Waals surface area contributed by atoms with Crippen LogP contribution in [0.1, 0.15) is 124 Å². The van der Waals surface area contributed by atoms with Crippen LogP contribution in [0, 0.1) is 46.5 Å². The summed E-state index contributed by atoms with van der Waals surface area (Å²) in [5.41, 5.74) is 14.2. The van der Waals surface area contributed by atoms with Crippen molar-refractivity contribution in [1.82, 2.24) is 21.3 Å². The maximum Gasteiger partial charge on any atom is 1.00 e. The predicted molar refractivity (Wildman–Crippen MR) is 522 cm³/mol. The number of nitrogens with one attached hydrogen (secondary N) is 4. The van der Waals surface area contributed by atoms with E-state index < -0.39 is 66.3 Å². The quantitative estimate of drug-likeness (QED) is 0.0104. The Balaban J connectivity index is 0.000000177. The molecule has 4 unspecified atom stereocenters. The van der Waals surface area contributed by atoms with Crippen LogP contribution in [0.3, 0.4) is 0 Å². The van der Waals surface area contributed by atoms with Crippen LogP contribution in [-0.2, 0) is 62.7 Å². The van der Waals surface area contributed by atoms with Gasteiger partial charge < -0.3 is 112 Å². The van der Waals surface area contributed by atoms with Gasteiger partial charge in [0.05, 0.1) is 0 Å². The number of aliphatic hydroxyl groups excluding tert-OH is 8. The molecule has 8 heterocycles. The minimum Gasteiger partial charge on any atom is -1.00 e. The van der Waals surface area contributed by atoms with Crippen molar-refractivity contribution in [3.63, 3.8) is 0 Å². The Bertz CT molecular complexity index is 5650. The van der Waals surface area contributed by atoms with Gasteiger partial charge in [-0.1, -0.05) is 78.9 Å². The Morgan fingerprint density at radius 1 is 0.319 bits per heavy atom. The van der Waals surface area contributed by atoms with E-state index in [0.29, 0.717) is 166 Å². The van der Waals surface area contributed by atoms with Crippen molar-refractivity contribution < 1.29 is 181 Å². The first-order chi connectivity index (χ1) is 68.5. The predicted octanol–water partition coefficient (Wildman–Crippen LogP) is 10.4. The van der Waals surface area contributed by atoms with Gasteiger partial charge in [0, 0.05) is 71.9 Å². The smallest absolute Gasteiger partial charge is 1.00 e. The summed E-state index contributed by atoms with van der Waals surface area (Å²) in [6, 6.07) is 62.8. The van der Waals surface area contributed by atoms with Crippen LogP contribution in [0.5, 0.6) is 46.0 Å². The third-order valence-corrected chi connectivity index (χ3v) is 25.4. The molecule has 19 rings (SSSR count). The molecule has 35 heteroatoms. The molecule has 3 radical (unpaired) electrons. The maximum absolute atomic E-state index is 13.3. The zero-order valence-corrected chi connectivity index (χ0v) is 83.3. The molecule has 0 aliphatic carbocycles. The van der Waals surface area contributed by atoms with Crippen LogP contribution in [0.15, 0.2) is 237 Å². The summed E-state index contributed by atoms with van der Waals surface area (Å²) >= 11 is 5.16. The van der Waals surface area contributed by atoms with Crippen molar-refractivity contribution in [2.24, 2.45) is 5.73 Å². The van der Waals surface area contributed by atoms with E-state index in [9.17, 15) is 90.4 Å². The van der Waals surface area contributed by atoms with Gasteiger partial charge in [0.2, 0.25) is 0 Å². The maximum atomic E-state index is 13.3. The van der Waals surface area contributed by atoms with Crippen molar-refractivity contribution in [2.45, 2.75) is 207 Å².